The number of carbonyl (C=O) groups excluding carboxylic acids is 1. The van der Waals surface area contributed by atoms with Crippen molar-refractivity contribution in [2.24, 2.45) is 0 Å². The predicted octanol–water partition coefficient (Wildman–Crippen LogP) is 4.62. The lowest BCUT2D eigenvalue weighted by Gasteiger charge is -2.04. The molecule has 0 radical (unpaired) electrons. The van der Waals surface area contributed by atoms with Gasteiger partial charge in [0.1, 0.15) is 5.82 Å². The third-order valence-corrected chi connectivity index (χ3v) is 4.88. The number of aromatic nitrogens is 1. The van der Waals surface area contributed by atoms with E-state index in [9.17, 15) is 4.79 Å². The molecule has 1 N–H and O–H groups in total. The summed E-state index contributed by atoms with van der Waals surface area (Å²) in [5.74, 6) is 0.438. The Morgan fingerprint density at radius 3 is 2.85 bits per heavy atom. The number of nitrogens with one attached hydrogen (secondary N) is 1. The largest absolute Gasteiger partial charge is 0.306 e. The number of pyridine rings is 1. The topological polar surface area (TPSA) is 42.0 Å². The SMILES string of the molecule is Cc1cc(NC(=O)c2cc3ccccc3s2)ncc1Br. The fraction of sp³-hybridized carbons (Fsp3) is 0.0667. The summed E-state index contributed by atoms with van der Waals surface area (Å²) in [4.78, 5) is 17.1. The van der Waals surface area contributed by atoms with Crippen molar-refractivity contribution in [1.82, 2.24) is 4.98 Å². The average Bonchev–Trinajstić information content (AvgIpc) is 2.87. The molecule has 0 spiro atoms. The zero-order chi connectivity index (χ0) is 14.1. The van der Waals surface area contributed by atoms with Gasteiger partial charge in [-0.15, -0.1) is 11.3 Å². The van der Waals surface area contributed by atoms with Crippen LogP contribution in [-0.4, -0.2) is 10.9 Å². The maximum absolute atomic E-state index is 12.2. The number of hydrogen-bond acceptors (Lipinski definition) is 3. The molecular formula is C15H11BrN2OS. The first-order chi connectivity index (χ1) is 9.63. The molecule has 0 fully saturated rings. The quantitative estimate of drug-likeness (QED) is 0.735. The first kappa shape index (κ1) is 13.3. The summed E-state index contributed by atoms with van der Waals surface area (Å²) in [6.07, 6.45) is 1.69. The Kier molecular flexibility index (Phi) is 3.54. The van der Waals surface area contributed by atoms with E-state index in [-0.39, 0.29) is 5.91 Å². The molecule has 0 atom stereocenters. The number of rotatable bonds is 2. The predicted molar refractivity (Wildman–Crippen MR) is 86.5 cm³/mol. The van der Waals surface area contributed by atoms with Crippen LogP contribution < -0.4 is 5.32 Å². The summed E-state index contributed by atoms with van der Waals surface area (Å²) in [5, 5.41) is 3.91. The molecule has 3 rings (SSSR count). The Balaban J connectivity index is 1.86. The Morgan fingerprint density at radius 2 is 2.10 bits per heavy atom. The second-order valence-electron chi connectivity index (χ2n) is 4.42. The molecule has 0 aliphatic carbocycles. The van der Waals surface area contributed by atoms with Gasteiger partial charge in [0.2, 0.25) is 0 Å². The van der Waals surface area contributed by atoms with Crippen LogP contribution in [0.15, 0.2) is 47.1 Å². The fourth-order valence-corrected chi connectivity index (χ4v) is 3.05. The summed E-state index contributed by atoms with van der Waals surface area (Å²) in [7, 11) is 0. The Labute approximate surface area is 128 Å². The molecule has 0 aliphatic heterocycles. The van der Waals surface area contributed by atoms with Crippen LogP contribution in [0, 0.1) is 6.92 Å². The Morgan fingerprint density at radius 1 is 1.30 bits per heavy atom. The lowest BCUT2D eigenvalue weighted by molar-refractivity contribution is 0.103. The van der Waals surface area contributed by atoms with E-state index < -0.39 is 0 Å². The minimum absolute atomic E-state index is 0.125. The molecule has 1 amide bonds. The number of halogens is 1. The molecule has 2 aromatic heterocycles. The summed E-state index contributed by atoms with van der Waals surface area (Å²) in [5.41, 5.74) is 1.03. The van der Waals surface area contributed by atoms with Crippen molar-refractivity contribution in [2.45, 2.75) is 6.92 Å². The van der Waals surface area contributed by atoms with Gasteiger partial charge in [-0.05, 0) is 52.0 Å². The van der Waals surface area contributed by atoms with E-state index in [1.807, 2.05) is 43.3 Å². The molecule has 2 heterocycles. The highest BCUT2D eigenvalue weighted by atomic mass is 79.9. The molecule has 0 saturated heterocycles. The minimum Gasteiger partial charge on any atom is -0.306 e. The van der Waals surface area contributed by atoms with Crippen LogP contribution in [0.5, 0.6) is 0 Å². The molecule has 3 nitrogen and oxygen atoms in total. The number of thiophene rings is 1. The van der Waals surface area contributed by atoms with Crippen molar-refractivity contribution in [1.29, 1.82) is 0 Å². The van der Waals surface area contributed by atoms with Gasteiger partial charge in [0.15, 0.2) is 0 Å². The van der Waals surface area contributed by atoms with Crippen molar-refractivity contribution < 1.29 is 4.79 Å². The molecule has 5 heteroatoms. The summed E-state index contributed by atoms with van der Waals surface area (Å²) >= 11 is 4.87. The van der Waals surface area contributed by atoms with Crippen LogP contribution in [0.3, 0.4) is 0 Å². The molecule has 1 aromatic carbocycles. The average molecular weight is 347 g/mol. The number of fused-ring (bicyclic) bond motifs is 1. The number of hydrogen-bond donors (Lipinski definition) is 1. The van der Waals surface area contributed by atoms with Gasteiger partial charge in [-0.2, -0.15) is 0 Å². The van der Waals surface area contributed by atoms with Gasteiger partial charge in [0.25, 0.3) is 5.91 Å². The van der Waals surface area contributed by atoms with Gasteiger partial charge in [-0.25, -0.2) is 4.98 Å². The fourth-order valence-electron chi connectivity index (χ4n) is 1.88. The van der Waals surface area contributed by atoms with Gasteiger partial charge in [-0.1, -0.05) is 18.2 Å². The van der Waals surface area contributed by atoms with Gasteiger partial charge < -0.3 is 5.32 Å². The monoisotopic (exact) mass is 346 g/mol. The van der Waals surface area contributed by atoms with Crippen LogP contribution in [0.2, 0.25) is 0 Å². The number of carbonyl (C=O) groups is 1. The lowest BCUT2D eigenvalue weighted by Crippen LogP contribution is -2.11. The number of nitrogens with zero attached hydrogens (tertiary/aromatic N) is 1. The molecule has 0 saturated carbocycles. The second-order valence-corrected chi connectivity index (χ2v) is 6.36. The third-order valence-electron chi connectivity index (χ3n) is 2.94. The molecule has 0 aliphatic rings. The van der Waals surface area contributed by atoms with E-state index in [1.54, 1.807) is 6.20 Å². The van der Waals surface area contributed by atoms with E-state index in [0.29, 0.717) is 10.7 Å². The standard InChI is InChI=1S/C15H11BrN2OS/c1-9-6-14(17-8-11(9)16)18-15(19)13-7-10-4-2-3-5-12(10)20-13/h2-8H,1H3,(H,17,18,19). The lowest BCUT2D eigenvalue weighted by atomic mass is 10.2. The first-order valence-corrected chi connectivity index (χ1v) is 7.66. The summed E-state index contributed by atoms with van der Waals surface area (Å²) in [6, 6.07) is 11.7. The van der Waals surface area contributed by atoms with E-state index in [1.165, 1.54) is 11.3 Å². The van der Waals surface area contributed by atoms with Gasteiger partial charge in [-0.3, -0.25) is 4.79 Å². The van der Waals surface area contributed by atoms with E-state index >= 15 is 0 Å². The molecule has 20 heavy (non-hydrogen) atoms. The zero-order valence-electron chi connectivity index (χ0n) is 10.7. The van der Waals surface area contributed by atoms with Gasteiger partial charge in [0, 0.05) is 15.4 Å². The van der Waals surface area contributed by atoms with Crippen molar-refractivity contribution in [3.05, 3.63) is 57.5 Å². The summed E-state index contributed by atoms with van der Waals surface area (Å²) < 4.78 is 2.04. The maximum atomic E-state index is 12.2. The van der Waals surface area contributed by atoms with Crippen LogP contribution in [-0.2, 0) is 0 Å². The molecular weight excluding hydrogens is 336 g/mol. The van der Waals surface area contributed by atoms with E-state index in [0.717, 1.165) is 20.1 Å². The number of aryl methyl sites for hydroxylation is 1. The minimum atomic E-state index is -0.125. The highest BCUT2D eigenvalue weighted by Crippen LogP contribution is 2.26. The first-order valence-electron chi connectivity index (χ1n) is 6.05. The summed E-state index contributed by atoms with van der Waals surface area (Å²) in [6.45, 7) is 1.96. The third kappa shape index (κ3) is 2.59. The molecule has 3 aromatic rings. The number of benzene rings is 1. The highest BCUT2D eigenvalue weighted by Gasteiger charge is 2.11. The Hall–Kier alpha value is -1.72. The number of amides is 1. The van der Waals surface area contributed by atoms with Crippen molar-refractivity contribution in [3.8, 4) is 0 Å². The van der Waals surface area contributed by atoms with E-state index in [2.05, 4.69) is 26.2 Å². The smallest absolute Gasteiger partial charge is 0.266 e. The van der Waals surface area contributed by atoms with Gasteiger partial charge >= 0.3 is 0 Å². The van der Waals surface area contributed by atoms with Crippen molar-refractivity contribution in [2.75, 3.05) is 5.32 Å². The Bertz CT molecular complexity index is 764. The van der Waals surface area contributed by atoms with Crippen molar-refractivity contribution in [3.63, 3.8) is 0 Å². The van der Waals surface area contributed by atoms with Gasteiger partial charge in [0.05, 0.1) is 4.88 Å². The molecule has 0 unspecified atom stereocenters. The van der Waals surface area contributed by atoms with Crippen LogP contribution in [0.1, 0.15) is 15.2 Å². The van der Waals surface area contributed by atoms with Crippen LogP contribution in [0.25, 0.3) is 10.1 Å². The zero-order valence-corrected chi connectivity index (χ0v) is 13.1. The molecule has 100 valence electrons. The van der Waals surface area contributed by atoms with Crippen molar-refractivity contribution >= 4 is 49.1 Å². The van der Waals surface area contributed by atoms with Crippen LogP contribution in [0.4, 0.5) is 5.82 Å². The second kappa shape index (κ2) is 5.34. The van der Waals surface area contributed by atoms with Crippen LogP contribution >= 0.6 is 27.3 Å². The highest BCUT2D eigenvalue weighted by molar-refractivity contribution is 9.10. The maximum Gasteiger partial charge on any atom is 0.266 e. The normalized spacial score (nSPS) is 10.7. The molecule has 0 bridgehead atoms. The van der Waals surface area contributed by atoms with E-state index in [4.69, 9.17) is 0 Å². The number of anilines is 1.